The van der Waals surface area contributed by atoms with Crippen LogP contribution in [0.5, 0.6) is 5.75 Å². The summed E-state index contributed by atoms with van der Waals surface area (Å²) < 4.78 is 7.90. The average Bonchev–Trinajstić information content (AvgIpc) is 3.39. The Kier molecular flexibility index (Phi) is 6.43. The van der Waals surface area contributed by atoms with Gasteiger partial charge in [-0.1, -0.05) is 18.6 Å². The molecule has 2 aromatic rings. The average molecular weight is 369 g/mol. The molecule has 2 saturated heterocycles. The van der Waals surface area contributed by atoms with Gasteiger partial charge in [0, 0.05) is 31.5 Å². The maximum Gasteiger partial charge on any atom is 0.119 e. The first kappa shape index (κ1) is 18.5. The Morgan fingerprint density at radius 1 is 1.00 bits per heavy atom. The topological polar surface area (TPSA) is 33.5 Å². The second-order valence-electron chi connectivity index (χ2n) is 7.92. The van der Waals surface area contributed by atoms with Gasteiger partial charge in [0.25, 0.3) is 0 Å². The highest BCUT2D eigenvalue weighted by atomic mass is 16.5. The van der Waals surface area contributed by atoms with Crippen molar-refractivity contribution in [2.24, 2.45) is 0 Å². The zero-order valence-corrected chi connectivity index (χ0v) is 16.3. The Morgan fingerprint density at radius 2 is 1.81 bits per heavy atom. The molecule has 0 saturated carbocycles. The Bertz CT molecular complexity index is 664. The molecule has 146 valence electrons. The molecule has 0 spiro atoms. The summed E-state index contributed by atoms with van der Waals surface area (Å²) in [5.41, 5.74) is 1.39. The van der Waals surface area contributed by atoms with Crippen molar-refractivity contribution in [3.8, 4) is 5.75 Å². The number of likely N-dealkylation sites (tertiary alicyclic amines) is 2. The van der Waals surface area contributed by atoms with Gasteiger partial charge in [-0.2, -0.15) is 0 Å². The zero-order valence-electron chi connectivity index (χ0n) is 16.3. The van der Waals surface area contributed by atoms with Gasteiger partial charge >= 0.3 is 0 Å². The van der Waals surface area contributed by atoms with E-state index in [1.54, 1.807) is 6.20 Å². The van der Waals surface area contributed by atoms with E-state index in [0.717, 1.165) is 24.9 Å². The van der Waals surface area contributed by atoms with E-state index in [9.17, 15) is 0 Å². The number of nitrogens with zero attached hydrogens (tertiary/aromatic N) is 4. The zero-order chi connectivity index (χ0) is 18.3. The molecule has 5 heteroatoms. The lowest BCUT2D eigenvalue weighted by Crippen LogP contribution is -2.45. The quantitative estimate of drug-likeness (QED) is 0.715. The maximum absolute atomic E-state index is 5.87. The van der Waals surface area contributed by atoms with E-state index in [1.165, 1.54) is 63.8 Å². The molecule has 5 nitrogen and oxygen atoms in total. The first-order valence-corrected chi connectivity index (χ1v) is 10.5. The van der Waals surface area contributed by atoms with Crippen molar-refractivity contribution in [1.82, 2.24) is 19.4 Å². The molecule has 1 aromatic heterocycles. The molecule has 1 aromatic carbocycles. The minimum Gasteiger partial charge on any atom is -0.492 e. The molecular weight excluding hydrogens is 336 g/mol. The normalized spacial score (nSPS) is 21.6. The van der Waals surface area contributed by atoms with Crippen LogP contribution in [-0.4, -0.2) is 58.2 Å². The molecule has 2 aliphatic rings. The SMILES string of the molecule is c1cn(CCOc2ccc(CN3CCCC[C@H]3CN3CCCC3)cc2)cn1. The summed E-state index contributed by atoms with van der Waals surface area (Å²) in [6.07, 6.45) is 12.4. The summed E-state index contributed by atoms with van der Waals surface area (Å²) in [7, 11) is 0. The maximum atomic E-state index is 5.87. The van der Waals surface area contributed by atoms with Crippen LogP contribution in [0.25, 0.3) is 0 Å². The molecule has 27 heavy (non-hydrogen) atoms. The summed E-state index contributed by atoms with van der Waals surface area (Å²) in [5, 5.41) is 0. The van der Waals surface area contributed by atoms with Crippen LogP contribution >= 0.6 is 0 Å². The third kappa shape index (κ3) is 5.33. The number of aromatic nitrogens is 2. The second-order valence-corrected chi connectivity index (χ2v) is 7.92. The summed E-state index contributed by atoms with van der Waals surface area (Å²) in [6, 6.07) is 9.41. The monoisotopic (exact) mass is 368 g/mol. The Hall–Kier alpha value is -1.85. The van der Waals surface area contributed by atoms with Gasteiger partial charge in [-0.3, -0.25) is 4.90 Å². The molecule has 0 amide bonds. The van der Waals surface area contributed by atoms with Crippen LogP contribution in [0.3, 0.4) is 0 Å². The highest BCUT2D eigenvalue weighted by Gasteiger charge is 2.25. The largest absolute Gasteiger partial charge is 0.492 e. The molecule has 2 aliphatic heterocycles. The van der Waals surface area contributed by atoms with Crippen LogP contribution in [0, 0.1) is 0 Å². The number of benzene rings is 1. The number of rotatable bonds is 8. The molecule has 0 aliphatic carbocycles. The van der Waals surface area contributed by atoms with Crippen LogP contribution in [0.4, 0.5) is 0 Å². The highest BCUT2D eigenvalue weighted by Crippen LogP contribution is 2.23. The molecule has 1 atom stereocenters. The Balaban J connectivity index is 1.27. The van der Waals surface area contributed by atoms with Gasteiger partial charge in [0.05, 0.1) is 12.9 Å². The van der Waals surface area contributed by atoms with Gasteiger partial charge < -0.3 is 14.2 Å². The fourth-order valence-corrected chi connectivity index (χ4v) is 4.35. The van der Waals surface area contributed by atoms with Gasteiger partial charge in [0.2, 0.25) is 0 Å². The number of piperidine rings is 1. The van der Waals surface area contributed by atoms with Crippen LogP contribution in [0.1, 0.15) is 37.7 Å². The first-order valence-electron chi connectivity index (χ1n) is 10.5. The fraction of sp³-hybridized carbons (Fsp3) is 0.591. The van der Waals surface area contributed by atoms with Crippen molar-refractivity contribution >= 4 is 0 Å². The minimum atomic E-state index is 0.666. The van der Waals surface area contributed by atoms with E-state index < -0.39 is 0 Å². The van der Waals surface area contributed by atoms with Crippen molar-refractivity contribution in [3.63, 3.8) is 0 Å². The summed E-state index contributed by atoms with van der Waals surface area (Å²) in [4.78, 5) is 9.42. The second kappa shape index (κ2) is 9.38. The summed E-state index contributed by atoms with van der Waals surface area (Å²) in [6.45, 7) is 7.66. The molecule has 2 fully saturated rings. The molecular formula is C22H32N4O. The van der Waals surface area contributed by atoms with E-state index in [2.05, 4.69) is 39.0 Å². The fourth-order valence-electron chi connectivity index (χ4n) is 4.35. The third-order valence-electron chi connectivity index (χ3n) is 5.90. The van der Waals surface area contributed by atoms with Crippen LogP contribution in [-0.2, 0) is 13.1 Å². The van der Waals surface area contributed by atoms with E-state index >= 15 is 0 Å². The molecule has 4 rings (SSSR count). The van der Waals surface area contributed by atoms with Gasteiger partial charge in [-0.05, 0) is 63.0 Å². The predicted octanol–water partition coefficient (Wildman–Crippen LogP) is 3.41. The first-order chi connectivity index (χ1) is 13.4. The summed E-state index contributed by atoms with van der Waals surface area (Å²) >= 11 is 0. The molecule has 0 bridgehead atoms. The number of ether oxygens (including phenoxy) is 1. The molecule has 0 unspecified atom stereocenters. The highest BCUT2D eigenvalue weighted by molar-refractivity contribution is 5.27. The lowest BCUT2D eigenvalue weighted by Gasteiger charge is -2.38. The van der Waals surface area contributed by atoms with Gasteiger partial charge in [-0.15, -0.1) is 0 Å². The Labute approximate surface area is 162 Å². The Morgan fingerprint density at radius 3 is 2.59 bits per heavy atom. The van der Waals surface area contributed by atoms with E-state index in [0.29, 0.717) is 6.61 Å². The lowest BCUT2D eigenvalue weighted by molar-refractivity contribution is 0.106. The van der Waals surface area contributed by atoms with Crippen molar-refractivity contribution in [3.05, 3.63) is 48.5 Å². The summed E-state index contributed by atoms with van der Waals surface area (Å²) in [5.74, 6) is 0.950. The standard InChI is InChI=1S/C22H32N4O/c1-2-13-26(21(5-1)18-24-11-3-4-12-24)17-20-6-8-22(9-7-20)27-16-15-25-14-10-23-19-25/h6-10,14,19,21H,1-5,11-13,15-18H2/t21-/m0/s1. The predicted molar refractivity (Wildman–Crippen MR) is 108 cm³/mol. The third-order valence-corrected chi connectivity index (χ3v) is 5.90. The van der Waals surface area contributed by atoms with Crippen LogP contribution in [0.15, 0.2) is 43.0 Å². The smallest absolute Gasteiger partial charge is 0.119 e. The van der Waals surface area contributed by atoms with E-state index in [1.807, 2.05) is 17.1 Å². The van der Waals surface area contributed by atoms with Gasteiger partial charge in [0.15, 0.2) is 0 Å². The number of hydrogen-bond donors (Lipinski definition) is 0. The molecule has 0 N–H and O–H groups in total. The lowest BCUT2D eigenvalue weighted by atomic mass is 10.0. The molecule has 0 radical (unpaired) electrons. The molecule has 3 heterocycles. The van der Waals surface area contributed by atoms with E-state index in [4.69, 9.17) is 4.74 Å². The number of imidazole rings is 1. The van der Waals surface area contributed by atoms with E-state index in [-0.39, 0.29) is 0 Å². The van der Waals surface area contributed by atoms with Crippen molar-refractivity contribution in [2.45, 2.75) is 51.2 Å². The van der Waals surface area contributed by atoms with Crippen molar-refractivity contribution < 1.29 is 4.74 Å². The van der Waals surface area contributed by atoms with Crippen LogP contribution < -0.4 is 4.74 Å². The minimum absolute atomic E-state index is 0.666. The van der Waals surface area contributed by atoms with Gasteiger partial charge in [0.1, 0.15) is 12.4 Å². The van der Waals surface area contributed by atoms with Crippen molar-refractivity contribution in [1.29, 1.82) is 0 Å². The van der Waals surface area contributed by atoms with Crippen LogP contribution in [0.2, 0.25) is 0 Å². The number of hydrogen-bond acceptors (Lipinski definition) is 4. The van der Waals surface area contributed by atoms with Gasteiger partial charge in [-0.25, -0.2) is 4.98 Å². The van der Waals surface area contributed by atoms with Crippen molar-refractivity contribution in [2.75, 3.05) is 32.8 Å².